The molecule has 0 aliphatic carbocycles. The van der Waals surface area contributed by atoms with Gasteiger partial charge in [0.05, 0.1) is 27.3 Å². The first kappa shape index (κ1) is 24.4. The number of halogens is 1. The maximum Gasteiger partial charge on any atom is 0.251 e. The van der Waals surface area contributed by atoms with Crippen molar-refractivity contribution >= 4 is 46.8 Å². The minimum Gasteiger partial charge on any atom is -0.396 e. The van der Waals surface area contributed by atoms with Gasteiger partial charge in [-0.2, -0.15) is 0 Å². The van der Waals surface area contributed by atoms with Crippen LogP contribution >= 0.6 is 23.4 Å². The molecule has 1 N–H and O–H groups in total. The molecule has 0 saturated carbocycles. The molecule has 0 aromatic heterocycles. The third-order valence-electron chi connectivity index (χ3n) is 7.44. The number of anilines is 1. The monoisotopic (exact) mass is 515 g/mol. The summed E-state index contributed by atoms with van der Waals surface area (Å²) in [4.78, 5) is 47.0. The van der Waals surface area contributed by atoms with Crippen molar-refractivity contribution in [2.75, 3.05) is 37.7 Å². The molecule has 4 heterocycles. The molecule has 0 bridgehead atoms. The highest BCUT2D eigenvalue weighted by atomic mass is 35.5. The number of carbonyl (C=O) groups is 3. The standard InChI is InChI=1S/C26H30ClN3O4S/c1-2-12-28-13-5-10-19-20(23(28)32)21-24(33)30(15-7-16-31)22-25(34)29(14-6-11-26(21,22)35-19)18-9-4-3-8-17(18)27/h3-6,8-11,19-22,31H,2,7,12-16H2,1H3/t19-,20+,21-,22?,26-/m0/s1. The van der Waals surface area contributed by atoms with E-state index in [0.29, 0.717) is 36.8 Å². The van der Waals surface area contributed by atoms with Crippen LogP contribution in [0.1, 0.15) is 19.8 Å². The number of benzene rings is 1. The number of hydrogen-bond donors (Lipinski definition) is 1. The normalized spacial score (nSPS) is 32.0. The van der Waals surface area contributed by atoms with Crippen LogP contribution < -0.4 is 4.90 Å². The molecule has 1 spiro atoms. The second-order valence-corrected chi connectivity index (χ2v) is 11.4. The molecule has 1 unspecified atom stereocenters. The minimum absolute atomic E-state index is 0.0135. The molecule has 2 fully saturated rings. The van der Waals surface area contributed by atoms with Crippen LogP contribution in [0, 0.1) is 11.8 Å². The van der Waals surface area contributed by atoms with E-state index < -0.39 is 22.6 Å². The van der Waals surface area contributed by atoms with E-state index >= 15 is 0 Å². The molecule has 7 nitrogen and oxygen atoms in total. The first-order valence-corrected chi connectivity index (χ1v) is 13.5. The van der Waals surface area contributed by atoms with E-state index in [1.54, 1.807) is 33.7 Å². The highest BCUT2D eigenvalue weighted by Gasteiger charge is 2.70. The number of nitrogens with zero attached hydrogens (tertiary/aromatic N) is 3. The predicted octanol–water partition coefficient (Wildman–Crippen LogP) is 2.73. The number of amides is 3. The third kappa shape index (κ3) is 3.81. The number of hydrogen-bond acceptors (Lipinski definition) is 5. The summed E-state index contributed by atoms with van der Waals surface area (Å²) in [5.41, 5.74) is 0.598. The van der Waals surface area contributed by atoms with Gasteiger partial charge in [-0.25, -0.2) is 0 Å². The van der Waals surface area contributed by atoms with Gasteiger partial charge in [0.1, 0.15) is 6.04 Å². The molecule has 1 aromatic rings. The Bertz CT molecular complexity index is 1090. The molecule has 1 aromatic carbocycles. The maximum absolute atomic E-state index is 14.2. The average Bonchev–Trinajstić information content (AvgIpc) is 3.16. The zero-order chi connectivity index (χ0) is 24.7. The fraction of sp³-hybridized carbons (Fsp3) is 0.500. The second-order valence-electron chi connectivity index (χ2n) is 9.47. The number of carbonyl (C=O) groups excluding carboxylic acids is 3. The number of likely N-dealkylation sites (tertiary alicyclic amines) is 1. The zero-order valence-electron chi connectivity index (χ0n) is 19.7. The van der Waals surface area contributed by atoms with Gasteiger partial charge in [0.15, 0.2) is 0 Å². The van der Waals surface area contributed by atoms with Gasteiger partial charge in [-0.1, -0.05) is 55.0 Å². The summed E-state index contributed by atoms with van der Waals surface area (Å²) < 4.78 is -0.857. The summed E-state index contributed by atoms with van der Waals surface area (Å²) in [7, 11) is 0. The SMILES string of the molecule is CCCN1CC=C[C@@H]2S[C@]34C=CCN(c5ccccc5Cl)C(=O)C3N(CCCO)C(=O)[C@@H]4[C@@H]2C1=O. The van der Waals surface area contributed by atoms with Crippen molar-refractivity contribution < 1.29 is 19.5 Å². The molecule has 35 heavy (non-hydrogen) atoms. The first-order valence-electron chi connectivity index (χ1n) is 12.2. The van der Waals surface area contributed by atoms with Gasteiger partial charge in [-0.15, -0.1) is 11.8 Å². The van der Waals surface area contributed by atoms with Crippen LogP contribution in [-0.4, -0.2) is 81.5 Å². The number of aliphatic hydroxyl groups is 1. The Labute approximate surface area is 214 Å². The molecular formula is C26H30ClN3O4S. The van der Waals surface area contributed by atoms with E-state index in [2.05, 4.69) is 0 Å². The van der Waals surface area contributed by atoms with Crippen LogP contribution in [0.5, 0.6) is 0 Å². The molecule has 5 atom stereocenters. The smallest absolute Gasteiger partial charge is 0.251 e. The summed E-state index contributed by atoms with van der Waals surface area (Å²) in [6, 6.07) is 6.42. The number of para-hydroxylation sites is 1. The summed E-state index contributed by atoms with van der Waals surface area (Å²) in [5.74, 6) is -1.56. The van der Waals surface area contributed by atoms with Crippen molar-refractivity contribution in [3.63, 3.8) is 0 Å². The fourth-order valence-corrected chi connectivity index (χ4v) is 8.27. The van der Waals surface area contributed by atoms with Gasteiger partial charge in [-0.3, -0.25) is 14.4 Å². The molecule has 4 aliphatic rings. The number of aliphatic hydroxyl groups excluding tert-OH is 1. The molecule has 2 saturated heterocycles. The van der Waals surface area contributed by atoms with Crippen molar-refractivity contribution in [3.8, 4) is 0 Å². The maximum atomic E-state index is 14.2. The quantitative estimate of drug-likeness (QED) is 0.589. The summed E-state index contributed by atoms with van der Waals surface area (Å²) >= 11 is 8.03. The highest BCUT2D eigenvalue weighted by Crippen LogP contribution is 2.61. The molecule has 3 amide bonds. The average molecular weight is 516 g/mol. The van der Waals surface area contributed by atoms with Crippen LogP contribution in [0.3, 0.4) is 0 Å². The number of thioether (sulfide) groups is 1. The second kappa shape index (κ2) is 9.64. The Morgan fingerprint density at radius 1 is 1.09 bits per heavy atom. The van der Waals surface area contributed by atoms with E-state index in [1.807, 2.05) is 48.3 Å². The first-order chi connectivity index (χ1) is 16.9. The molecule has 186 valence electrons. The van der Waals surface area contributed by atoms with E-state index in [4.69, 9.17) is 11.6 Å². The summed E-state index contributed by atoms with van der Waals surface area (Å²) in [6.45, 7) is 3.72. The van der Waals surface area contributed by atoms with Crippen LogP contribution in [0.15, 0.2) is 48.6 Å². The van der Waals surface area contributed by atoms with E-state index in [0.717, 1.165) is 6.42 Å². The lowest BCUT2D eigenvalue weighted by atomic mass is 9.78. The van der Waals surface area contributed by atoms with Gasteiger partial charge >= 0.3 is 0 Å². The number of rotatable bonds is 6. The van der Waals surface area contributed by atoms with Crippen molar-refractivity contribution in [2.45, 2.75) is 35.8 Å². The zero-order valence-corrected chi connectivity index (χ0v) is 21.3. The van der Waals surface area contributed by atoms with Crippen molar-refractivity contribution in [1.82, 2.24) is 9.80 Å². The Morgan fingerprint density at radius 2 is 1.89 bits per heavy atom. The Morgan fingerprint density at radius 3 is 2.63 bits per heavy atom. The number of fused-ring (bicyclic) bond motifs is 2. The van der Waals surface area contributed by atoms with Gasteiger partial charge in [0.25, 0.3) is 5.91 Å². The molecule has 0 radical (unpaired) electrons. The predicted molar refractivity (Wildman–Crippen MR) is 137 cm³/mol. The molecule has 9 heteroatoms. The van der Waals surface area contributed by atoms with Crippen LogP contribution in [0.2, 0.25) is 5.02 Å². The van der Waals surface area contributed by atoms with Crippen LogP contribution in [0.25, 0.3) is 0 Å². The molecule has 5 rings (SSSR count). The van der Waals surface area contributed by atoms with E-state index in [1.165, 1.54) is 0 Å². The molecular weight excluding hydrogens is 486 g/mol. The van der Waals surface area contributed by atoms with Crippen molar-refractivity contribution in [2.24, 2.45) is 11.8 Å². The van der Waals surface area contributed by atoms with E-state index in [-0.39, 0.29) is 36.1 Å². The van der Waals surface area contributed by atoms with Gasteiger partial charge < -0.3 is 19.8 Å². The lowest BCUT2D eigenvalue weighted by Crippen LogP contribution is -2.53. The Balaban J connectivity index is 1.60. The van der Waals surface area contributed by atoms with E-state index in [9.17, 15) is 19.5 Å². The Kier molecular flexibility index (Phi) is 6.72. The van der Waals surface area contributed by atoms with Crippen molar-refractivity contribution in [3.05, 3.63) is 53.6 Å². The lowest BCUT2D eigenvalue weighted by molar-refractivity contribution is -0.142. The minimum atomic E-state index is -0.857. The van der Waals surface area contributed by atoms with Gasteiger partial charge in [0, 0.05) is 38.0 Å². The third-order valence-corrected chi connectivity index (χ3v) is 9.50. The van der Waals surface area contributed by atoms with Crippen LogP contribution in [0.4, 0.5) is 5.69 Å². The Hall–Kier alpha value is -2.29. The highest BCUT2D eigenvalue weighted by molar-refractivity contribution is 8.02. The van der Waals surface area contributed by atoms with Crippen LogP contribution in [-0.2, 0) is 14.4 Å². The summed E-state index contributed by atoms with van der Waals surface area (Å²) in [6.07, 6.45) is 9.20. The van der Waals surface area contributed by atoms with Gasteiger partial charge in [-0.05, 0) is 25.0 Å². The molecule has 4 aliphatic heterocycles. The lowest BCUT2D eigenvalue weighted by Gasteiger charge is -2.35. The van der Waals surface area contributed by atoms with Crippen molar-refractivity contribution in [1.29, 1.82) is 0 Å². The summed E-state index contributed by atoms with van der Waals surface area (Å²) in [5, 5.41) is 9.81. The largest absolute Gasteiger partial charge is 0.396 e. The fourth-order valence-electron chi connectivity index (χ4n) is 6.03. The topological polar surface area (TPSA) is 81.2 Å². The van der Waals surface area contributed by atoms with Gasteiger partial charge in [0.2, 0.25) is 11.8 Å².